The first kappa shape index (κ1) is 12.8. The molecule has 2 aromatic rings. The van der Waals surface area contributed by atoms with Crippen molar-refractivity contribution < 1.29 is 20.1 Å². The Morgan fingerprint density at radius 2 is 1.63 bits per heavy atom. The minimum absolute atomic E-state index is 0.113. The first-order chi connectivity index (χ1) is 9.13. The molecule has 0 radical (unpaired) electrons. The molecule has 3 N–H and O–H groups in total. The molecule has 19 heavy (non-hydrogen) atoms. The van der Waals surface area contributed by atoms with Crippen LogP contribution in [0, 0.1) is 0 Å². The van der Waals surface area contributed by atoms with E-state index in [2.05, 4.69) is 0 Å². The lowest BCUT2D eigenvalue weighted by molar-refractivity contribution is 0.335. The lowest BCUT2D eigenvalue weighted by Gasteiger charge is -2.10. The predicted octanol–water partition coefficient (Wildman–Crippen LogP) is 2.98. The summed E-state index contributed by atoms with van der Waals surface area (Å²) in [6.07, 6.45) is 3.50. The lowest BCUT2D eigenvalue weighted by atomic mass is 10.1. The van der Waals surface area contributed by atoms with Crippen LogP contribution in [0.3, 0.4) is 0 Å². The van der Waals surface area contributed by atoms with Gasteiger partial charge in [-0.3, -0.25) is 0 Å². The van der Waals surface area contributed by atoms with Crippen LogP contribution in [0.1, 0.15) is 11.1 Å². The fourth-order valence-electron chi connectivity index (χ4n) is 1.74. The molecule has 0 spiro atoms. The van der Waals surface area contributed by atoms with Crippen molar-refractivity contribution >= 4 is 12.2 Å². The molecule has 2 aromatic carbocycles. The molecule has 4 nitrogen and oxygen atoms in total. The van der Waals surface area contributed by atoms with Crippen LogP contribution in [-0.4, -0.2) is 22.4 Å². The maximum atomic E-state index is 9.69. The molecule has 0 aliphatic rings. The van der Waals surface area contributed by atoms with Crippen molar-refractivity contribution in [3.05, 3.63) is 47.5 Å². The van der Waals surface area contributed by atoms with E-state index >= 15 is 0 Å². The Bertz CT molecular complexity index is 603. The summed E-state index contributed by atoms with van der Waals surface area (Å²) >= 11 is 0. The van der Waals surface area contributed by atoms with E-state index in [1.165, 1.54) is 13.2 Å². The van der Waals surface area contributed by atoms with Gasteiger partial charge in [0.25, 0.3) is 0 Å². The van der Waals surface area contributed by atoms with Crippen molar-refractivity contribution in [1.29, 1.82) is 0 Å². The van der Waals surface area contributed by atoms with Gasteiger partial charge in [0, 0.05) is 5.56 Å². The zero-order chi connectivity index (χ0) is 13.8. The summed E-state index contributed by atoms with van der Waals surface area (Å²) in [5.74, 6) is -1.35. The summed E-state index contributed by atoms with van der Waals surface area (Å²) in [6, 6.07) is 10.9. The number of ether oxygens (including phenoxy) is 1. The van der Waals surface area contributed by atoms with Crippen LogP contribution in [-0.2, 0) is 0 Å². The van der Waals surface area contributed by atoms with E-state index in [0.717, 1.165) is 5.56 Å². The number of hydrogen-bond donors (Lipinski definition) is 3. The van der Waals surface area contributed by atoms with Gasteiger partial charge in [-0.25, -0.2) is 0 Å². The minimum atomic E-state index is -0.589. The fraction of sp³-hybridized carbons (Fsp3) is 0.0667. The highest BCUT2D eigenvalue weighted by Gasteiger charge is 2.15. The first-order valence-corrected chi connectivity index (χ1v) is 5.68. The van der Waals surface area contributed by atoms with Crippen molar-refractivity contribution in [1.82, 2.24) is 0 Å². The zero-order valence-corrected chi connectivity index (χ0v) is 10.4. The Labute approximate surface area is 110 Å². The second kappa shape index (κ2) is 5.35. The molecule has 98 valence electrons. The largest absolute Gasteiger partial charge is 0.504 e. The van der Waals surface area contributed by atoms with Gasteiger partial charge in [-0.05, 0) is 11.6 Å². The summed E-state index contributed by atoms with van der Waals surface area (Å²) in [5.41, 5.74) is 1.44. The fourth-order valence-corrected chi connectivity index (χ4v) is 1.74. The van der Waals surface area contributed by atoms with E-state index in [0.29, 0.717) is 5.56 Å². The predicted molar refractivity (Wildman–Crippen MR) is 73.4 cm³/mol. The van der Waals surface area contributed by atoms with Gasteiger partial charge in [0.2, 0.25) is 11.5 Å². The summed E-state index contributed by atoms with van der Waals surface area (Å²) in [6.45, 7) is 0. The Balaban J connectivity index is 2.43. The Morgan fingerprint density at radius 1 is 0.947 bits per heavy atom. The third kappa shape index (κ3) is 2.63. The highest BCUT2D eigenvalue weighted by atomic mass is 16.5. The monoisotopic (exact) mass is 258 g/mol. The van der Waals surface area contributed by atoms with Crippen LogP contribution < -0.4 is 4.74 Å². The maximum Gasteiger partial charge on any atom is 0.205 e. The smallest absolute Gasteiger partial charge is 0.205 e. The molecule has 2 rings (SSSR count). The van der Waals surface area contributed by atoms with Crippen LogP contribution in [0.25, 0.3) is 12.2 Å². The number of rotatable bonds is 3. The second-order valence-corrected chi connectivity index (χ2v) is 3.96. The molecule has 0 aliphatic heterocycles. The number of benzene rings is 2. The van der Waals surface area contributed by atoms with Crippen molar-refractivity contribution in [2.75, 3.05) is 7.11 Å². The van der Waals surface area contributed by atoms with Crippen molar-refractivity contribution in [2.24, 2.45) is 0 Å². The van der Waals surface area contributed by atoms with E-state index in [9.17, 15) is 15.3 Å². The quantitative estimate of drug-likeness (QED) is 0.584. The highest BCUT2D eigenvalue weighted by Crippen LogP contribution is 2.44. The van der Waals surface area contributed by atoms with Gasteiger partial charge in [-0.15, -0.1) is 0 Å². The molecule has 0 saturated heterocycles. The minimum Gasteiger partial charge on any atom is -0.504 e. The molecule has 0 bridgehead atoms. The first-order valence-electron chi connectivity index (χ1n) is 5.68. The van der Waals surface area contributed by atoms with Crippen molar-refractivity contribution in [3.63, 3.8) is 0 Å². The standard InChI is InChI=1S/C15H14O4/c1-19-15-11(9-12(16)13(17)14(15)18)8-7-10-5-3-2-4-6-10/h2-9,16-18H,1H3. The van der Waals surface area contributed by atoms with E-state index in [-0.39, 0.29) is 5.75 Å². The number of hydrogen-bond acceptors (Lipinski definition) is 4. The third-order valence-electron chi connectivity index (χ3n) is 2.70. The molecular formula is C15H14O4. The van der Waals surface area contributed by atoms with Gasteiger partial charge in [0.1, 0.15) is 0 Å². The van der Waals surface area contributed by atoms with E-state index in [4.69, 9.17) is 4.74 Å². The Hall–Kier alpha value is -2.62. The zero-order valence-electron chi connectivity index (χ0n) is 10.4. The van der Waals surface area contributed by atoms with Gasteiger partial charge in [0.15, 0.2) is 11.5 Å². The molecule has 0 amide bonds. The molecule has 0 fully saturated rings. The van der Waals surface area contributed by atoms with Gasteiger partial charge in [-0.1, -0.05) is 42.5 Å². The normalized spacial score (nSPS) is 10.8. The summed E-state index contributed by atoms with van der Waals surface area (Å²) < 4.78 is 5.03. The summed E-state index contributed by atoms with van der Waals surface area (Å²) in [5, 5.41) is 28.6. The van der Waals surface area contributed by atoms with Crippen LogP contribution in [0.5, 0.6) is 23.0 Å². The second-order valence-electron chi connectivity index (χ2n) is 3.96. The van der Waals surface area contributed by atoms with Crippen molar-refractivity contribution in [2.45, 2.75) is 0 Å². The SMILES string of the molecule is COc1c(C=Cc2ccccc2)cc(O)c(O)c1O. The van der Waals surface area contributed by atoms with Crippen LogP contribution >= 0.6 is 0 Å². The van der Waals surface area contributed by atoms with Gasteiger partial charge in [-0.2, -0.15) is 0 Å². The maximum absolute atomic E-state index is 9.69. The number of phenolic OH excluding ortho intramolecular Hbond substituents is 3. The molecule has 0 heterocycles. The van der Waals surface area contributed by atoms with Gasteiger partial charge in [0.05, 0.1) is 7.11 Å². The summed E-state index contributed by atoms with van der Waals surface area (Å²) in [4.78, 5) is 0. The summed E-state index contributed by atoms with van der Waals surface area (Å²) in [7, 11) is 1.38. The van der Waals surface area contributed by atoms with Crippen LogP contribution in [0.15, 0.2) is 36.4 Å². The Morgan fingerprint density at radius 3 is 2.26 bits per heavy atom. The van der Waals surface area contributed by atoms with E-state index in [1.807, 2.05) is 36.4 Å². The van der Waals surface area contributed by atoms with Crippen LogP contribution in [0.4, 0.5) is 0 Å². The van der Waals surface area contributed by atoms with Crippen LogP contribution in [0.2, 0.25) is 0 Å². The number of phenols is 3. The topological polar surface area (TPSA) is 69.9 Å². The highest BCUT2D eigenvalue weighted by molar-refractivity contribution is 5.77. The van der Waals surface area contributed by atoms with Gasteiger partial charge >= 0.3 is 0 Å². The Kier molecular flexibility index (Phi) is 3.61. The number of methoxy groups -OCH3 is 1. The third-order valence-corrected chi connectivity index (χ3v) is 2.70. The van der Waals surface area contributed by atoms with Gasteiger partial charge < -0.3 is 20.1 Å². The average Bonchev–Trinajstić information content (AvgIpc) is 2.44. The van der Waals surface area contributed by atoms with E-state index < -0.39 is 17.2 Å². The molecule has 4 heteroatoms. The van der Waals surface area contributed by atoms with E-state index in [1.54, 1.807) is 6.08 Å². The molecular weight excluding hydrogens is 244 g/mol. The molecule has 0 unspecified atom stereocenters. The molecule has 0 atom stereocenters. The number of aromatic hydroxyl groups is 3. The average molecular weight is 258 g/mol. The van der Waals surface area contributed by atoms with Crippen molar-refractivity contribution in [3.8, 4) is 23.0 Å². The molecule has 0 saturated carbocycles. The molecule has 0 aliphatic carbocycles. The lowest BCUT2D eigenvalue weighted by Crippen LogP contribution is -1.88. The molecule has 0 aromatic heterocycles.